The van der Waals surface area contributed by atoms with Crippen LogP contribution in [0.25, 0.3) is 0 Å². The molecule has 0 amide bonds. The Morgan fingerprint density at radius 1 is 1.24 bits per heavy atom. The van der Waals surface area contributed by atoms with Gasteiger partial charge in [-0.3, -0.25) is 4.99 Å². The minimum atomic E-state index is -3.34. The number of nitrogens with zero attached hydrogens (tertiary/aromatic N) is 1. The van der Waals surface area contributed by atoms with Crippen LogP contribution in [0.5, 0.6) is 0 Å². The molecule has 25 heavy (non-hydrogen) atoms. The number of nitrogens with two attached hydrogens (primary N) is 1. The highest BCUT2D eigenvalue weighted by Crippen LogP contribution is 2.23. The lowest BCUT2D eigenvalue weighted by molar-refractivity contribution is 0.146. The lowest BCUT2D eigenvalue weighted by Gasteiger charge is -2.19. The molecule has 0 spiro atoms. The summed E-state index contributed by atoms with van der Waals surface area (Å²) in [5.41, 5.74) is 6.83. The molecule has 1 rings (SSSR count). The van der Waals surface area contributed by atoms with Gasteiger partial charge in [0.25, 0.3) is 0 Å². The monoisotopic (exact) mass is 369 g/mol. The fraction of sp³-hybridized carbons (Fsp3) is 0.611. The molecule has 1 aromatic carbocycles. The summed E-state index contributed by atoms with van der Waals surface area (Å²) in [7, 11) is -3.34. The summed E-state index contributed by atoms with van der Waals surface area (Å²) in [6.45, 7) is 10.3. The first kappa shape index (κ1) is 21.4. The summed E-state index contributed by atoms with van der Waals surface area (Å²) >= 11 is 0. The Hall–Kier alpha value is -1.60. The van der Waals surface area contributed by atoms with E-state index in [2.05, 4.69) is 31.1 Å². The van der Waals surface area contributed by atoms with Crippen molar-refractivity contribution in [3.63, 3.8) is 0 Å². The number of aliphatic imine (C=N–C) groups is 1. The van der Waals surface area contributed by atoms with Crippen molar-refractivity contribution in [3.05, 3.63) is 29.8 Å². The molecule has 142 valence electrons. The number of benzene rings is 1. The van der Waals surface area contributed by atoms with Gasteiger partial charge in [0, 0.05) is 26.3 Å². The smallest absolute Gasteiger partial charge is 0.188 e. The molecule has 0 aliphatic carbocycles. The van der Waals surface area contributed by atoms with Gasteiger partial charge in [0.1, 0.15) is 0 Å². The predicted octanol–water partition coefficient (Wildman–Crippen LogP) is 2.09. The van der Waals surface area contributed by atoms with Gasteiger partial charge < -0.3 is 15.8 Å². The molecule has 0 fully saturated rings. The van der Waals surface area contributed by atoms with Crippen LogP contribution in [-0.4, -0.2) is 46.4 Å². The van der Waals surface area contributed by atoms with Crippen LogP contribution in [0.4, 0.5) is 0 Å². The van der Waals surface area contributed by atoms with Gasteiger partial charge in [-0.15, -0.1) is 0 Å². The zero-order valence-corrected chi connectivity index (χ0v) is 16.5. The maximum absolute atomic E-state index is 12.4. The van der Waals surface area contributed by atoms with E-state index < -0.39 is 9.84 Å². The molecular formula is C18H31N3O3S. The maximum atomic E-state index is 12.4. The molecule has 6 nitrogen and oxygen atoms in total. The van der Waals surface area contributed by atoms with Crippen LogP contribution in [0.1, 0.15) is 39.7 Å². The highest BCUT2D eigenvalue weighted by molar-refractivity contribution is 7.91. The zero-order valence-electron chi connectivity index (χ0n) is 15.7. The predicted molar refractivity (Wildman–Crippen MR) is 103 cm³/mol. The molecule has 0 aliphatic rings. The molecule has 0 saturated heterocycles. The first-order valence-electron chi connectivity index (χ1n) is 8.61. The molecule has 0 aromatic heterocycles. The minimum Gasteiger partial charge on any atom is -0.382 e. The standard InChI is InChI=1S/C18H31N3O3S/c1-5-24-13-6-11-20-17(19)21-12-14-25(22,23)16-9-7-15(8-10-16)18(2,3)4/h7-10H,5-6,11-14H2,1-4H3,(H3,19,20,21). The molecule has 0 unspecified atom stereocenters. The molecule has 0 bridgehead atoms. The Labute approximate surface area is 151 Å². The molecule has 0 aliphatic heterocycles. The second-order valence-electron chi connectivity index (χ2n) is 6.84. The second kappa shape index (κ2) is 9.77. The third kappa shape index (κ3) is 7.88. The quantitative estimate of drug-likeness (QED) is 0.395. The minimum absolute atomic E-state index is 0.00304. The van der Waals surface area contributed by atoms with E-state index >= 15 is 0 Å². The number of ether oxygens (including phenoxy) is 1. The van der Waals surface area contributed by atoms with Crippen molar-refractivity contribution in [3.8, 4) is 0 Å². The van der Waals surface area contributed by atoms with E-state index in [0.29, 0.717) is 24.7 Å². The van der Waals surface area contributed by atoms with Crippen molar-refractivity contribution in [1.29, 1.82) is 0 Å². The van der Waals surface area contributed by atoms with E-state index in [1.165, 1.54) is 0 Å². The van der Waals surface area contributed by atoms with Crippen molar-refractivity contribution < 1.29 is 13.2 Å². The van der Waals surface area contributed by atoms with Crippen molar-refractivity contribution >= 4 is 15.8 Å². The van der Waals surface area contributed by atoms with Gasteiger partial charge in [-0.05, 0) is 36.5 Å². The third-order valence-corrected chi connectivity index (χ3v) is 5.42. The van der Waals surface area contributed by atoms with E-state index in [0.717, 1.165) is 12.0 Å². The van der Waals surface area contributed by atoms with Crippen LogP contribution < -0.4 is 11.1 Å². The first-order chi connectivity index (χ1) is 11.7. The fourth-order valence-corrected chi connectivity index (χ4v) is 3.32. The third-order valence-electron chi connectivity index (χ3n) is 3.69. The van der Waals surface area contributed by atoms with Crippen LogP contribution in [0.3, 0.4) is 0 Å². The Kier molecular flexibility index (Phi) is 8.38. The Morgan fingerprint density at radius 3 is 2.44 bits per heavy atom. The highest BCUT2D eigenvalue weighted by Gasteiger charge is 2.17. The number of sulfone groups is 1. The van der Waals surface area contributed by atoms with Crippen LogP contribution >= 0.6 is 0 Å². The van der Waals surface area contributed by atoms with E-state index in [1.54, 1.807) is 12.1 Å². The molecule has 3 N–H and O–H groups in total. The van der Waals surface area contributed by atoms with Gasteiger partial charge in [0.2, 0.25) is 0 Å². The largest absolute Gasteiger partial charge is 0.382 e. The van der Waals surface area contributed by atoms with Gasteiger partial charge >= 0.3 is 0 Å². The van der Waals surface area contributed by atoms with Crippen LogP contribution in [0, 0.1) is 0 Å². The van der Waals surface area contributed by atoms with Crippen molar-refractivity contribution in [2.75, 3.05) is 32.1 Å². The number of guanidine groups is 1. The first-order valence-corrected chi connectivity index (χ1v) is 10.3. The average Bonchev–Trinajstić information content (AvgIpc) is 2.54. The Morgan fingerprint density at radius 2 is 1.88 bits per heavy atom. The van der Waals surface area contributed by atoms with Crippen LogP contribution in [0.15, 0.2) is 34.2 Å². The summed E-state index contributed by atoms with van der Waals surface area (Å²) in [5, 5.41) is 2.84. The topological polar surface area (TPSA) is 93.8 Å². The lowest BCUT2D eigenvalue weighted by atomic mass is 9.87. The van der Waals surface area contributed by atoms with Crippen molar-refractivity contribution in [1.82, 2.24) is 5.32 Å². The Bertz CT molecular complexity index is 647. The molecular weight excluding hydrogens is 338 g/mol. The second-order valence-corrected chi connectivity index (χ2v) is 8.95. The summed E-state index contributed by atoms with van der Waals surface area (Å²) in [6.07, 6.45) is 0.786. The molecule has 7 heteroatoms. The summed E-state index contributed by atoms with van der Waals surface area (Å²) in [5.74, 6) is 0.228. The van der Waals surface area contributed by atoms with Crippen molar-refractivity contribution in [2.45, 2.75) is 44.4 Å². The van der Waals surface area contributed by atoms with Gasteiger partial charge in [-0.25, -0.2) is 8.42 Å². The highest BCUT2D eigenvalue weighted by atomic mass is 32.2. The van der Waals surface area contributed by atoms with Crippen LogP contribution in [-0.2, 0) is 20.0 Å². The van der Waals surface area contributed by atoms with Gasteiger partial charge in [0.15, 0.2) is 15.8 Å². The lowest BCUT2D eigenvalue weighted by Crippen LogP contribution is -2.35. The molecule has 1 aromatic rings. The zero-order chi connectivity index (χ0) is 18.9. The number of hydrogen-bond donors (Lipinski definition) is 2. The normalized spacial score (nSPS) is 13.0. The summed E-state index contributed by atoms with van der Waals surface area (Å²) in [4.78, 5) is 4.46. The molecule has 0 radical (unpaired) electrons. The van der Waals surface area contributed by atoms with Gasteiger partial charge in [-0.2, -0.15) is 0 Å². The van der Waals surface area contributed by atoms with E-state index in [1.807, 2.05) is 19.1 Å². The average molecular weight is 370 g/mol. The maximum Gasteiger partial charge on any atom is 0.188 e. The molecule has 0 saturated carbocycles. The summed E-state index contributed by atoms with van der Waals surface area (Å²) in [6, 6.07) is 7.07. The summed E-state index contributed by atoms with van der Waals surface area (Å²) < 4.78 is 29.9. The molecule has 0 atom stereocenters. The van der Waals surface area contributed by atoms with Gasteiger partial charge in [-0.1, -0.05) is 32.9 Å². The number of hydrogen-bond acceptors (Lipinski definition) is 4. The van der Waals surface area contributed by atoms with E-state index in [9.17, 15) is 8.42 Å². The Balaban J connectivity index is 2.49. The van der Waals surface area contributed by atoms with Crippen molar-refractivity contribution in [2.24, 2.45) is 10.7 Å². The van der Waals surface area contributed by atoms with Crippen LogP contribution in [0.2, 0.25) is 0 Å². The number of nitrogens with one attached hydrogen (secondary N) is 1. The van der Waals surface area contributed by atoms with Gasteiger partial charge in [0.05, 0.1) is 10.6 Å². The van der Waals surface area contributed by atoms with E-state index in [4.69, 9.17) is 10.5 Å². The molecule has 0 heterocycles. The van der Waals surface area contributed by atoms with E-state index in [-0.39, 0.29) is 23.7 Å². The SMILES string of the molecule is CCOCCCN=C(N)NCCS(=O)(=O)c1ccc(C(C)(C)C)cc1. The fourth-order valence-electron chi connectivity index (χ4n) is 2.16. The number of rotatable bonds is 9.